The first kappa shape index (κ1) is 27.2. The van der Waals surface area contributed by atoms with Crippen LogP contribution in [0.5, 0.6) is 0 Å². The van der Waals surface area contributed by atoms with Crippen LogP contribution in [0.25, 0.3) is 10.1 Å². The van der Waals surface area contributed by atoms with Crippen molar-refractivity contribution in [3.63, 3.8) is 0 Å². The van der Waals surface area contributed by atoms with Crippen molar-refractivity contribution in [1.29, 1.82) is 0 Å². The molecule has 1 heterocycles. The number of rotatable bonds is 14. The molecule has 1 nitrogen and oxygen atoms in total. The van der Waals surface area contributed by atoms with E-state index in [2.05, 4.69) is 27.7 Å². The van der Waals surface area contributed by atoms with E-state index in [9.17, 15) is 13.2 Å². The molecule has 0 aliphatic carbocycles. The summed E-state index contributed by atoms with van der Waals surface area (Å²) in [6, 6.07) is 4.65. The zero-order chi connectivity index (χ0) is 23.9. The summed E-state index contributed by atoms with van der Waals surface area (Å²) in [5.74, 6) is 0.886. The lowest BCUT2D eigenvalue weighted by atomic mass is 9.85. The third-order valence-electron chi connectivity index (χ3n) is 6.73. The van der Waals surface area contributed by atoms with Crippen molar-refractivity contribution >= 4 is 21.4 Å². The molecule has 0 spiro atoms. The highest BCUT2D eigenvalue weighted by molar-refractivity contribution is 7.19. The van der Waals surface area contributed by atoms with Gasteiger partial charge in [-0.1, -0.05) is 72.8 Å². The van der Waals surface area contributed by atoms with Gasteiger partial charge in [0.25, 0.3) is 0 Å². The van der Waals surface area contributed by atoms with Crippen LogP contribution in [0.1, 0.15) is 96.9 Å². The largest absolute Gasteiger partial charge is 0.386 e. The van der Waals surface area contributed by atoms with Gasteiger partial charge in [0.1, 0.15) is 0 Å². The first-order valence-electron chi connectivity index (χ1n) is 12.4. The van der Waals surface area contributed by atoms with Crippen LogP contribution in [0.3, 0.4) is 0 Å². The van der Waals surface area contributed by atoms with E-state index in [1.54, 1.807) is 13.0 Å². The Labute approximate surface area is 196 Å². The van der Waals surface area contributed by atoms with Crippen molar-refractivity contribution in [3.8, 4) is 0 Å². The summed E-state index contributed by atoms with van der Waals surface area (Å²) in [6.45, 7) is 12.7. The Bertz CT molecular complexity index is 832. The molecule has 1 aromatic carbocycles. The van der Waals surface area contributed by atoms with Gasteiger partial charge in [-0.25, -0.2) is 4.39 Å². The van der Waals surface area contributed by atoms with E-state index in [1.807, 2.05) is 13.0 Å². The number of halogens is 3. The summed E-state index contributed by atoms with van der Waals surface area (Å²) in [6.07, 6.45) is 3.70. The molecule has 0 fully saturated rings. The minimum Gasteiger partial charge on any atom is -0.313 e. The molecule has 0 bridgehead atoms. The summed E-state index contributed by atoms with van der Waals surface area (Å²) >= 11 is 1.26. The van der Waals surface area contributed by atoms with Gasteiger partial charge >= 0.3 is 6.11 Å². The van der Waals surface area contributed by atoms with Gasteiger partial charge < -0.3 is 4.74 Å². The van der Waals surface area contributed by atoms with E-state index in [1.165, 1.54) is 43.1 Å². The molecule has 4 atom stereocenters. The second kappa shape index (κ2) is 12.4. The molecule has 1 aromatic heterocycles. The topological polar surface area (TPSA) is 9.23 Å². The fraction of sp³-hybridized carbons (Fsp3) is 0.704. The van der Waals surface area contributed by atoms with Crippen LogP contribution in [0.4, 0.5) is 13.2 Å². The number of hydrogen-bond donors (Lipinski definition) is 0. The number of alkyl halides is 2. The summed E-state index contributed by atoms with van der Waals surface area (Å²) in [5, 5.41) is 0.680. The standard InChI is InChI=1S/C27H41F3OS/c1-7-9-18(3)11-12-19(4)20(5)13-14-21(6)31-27(29,30)24-16-15-22-17-23(10-8-2)32-26(22)25(24)28/h15-21H,7-14H2,1-6H3. The Hall–Kier alpha value is -1.07. The van der Waals surface area contributed by atoms with Gasteiger partial charge in [-0.05, 0) is 61.5 Å². The SMILES string of the molecule is CCCc1cc2ccc(C(F)(F)OC(C)CCC(C)C(C)CCC(C)CCC)c(F)c2s1. The van der Waals surface area contributed by atoms with E-state index in [0.29, 0.717) is 28.3 Å². The van der Waals surface area contributed by atoms with Crippen molar-refractivity contribution in [2.24, 2.45) is 17.8 Å². The number of thiophene rings is 1. The van der Waals surface area contributed by atoms with Crippen LogP contribution < -0.4 is 0 Å². The van der Waals surface area contributed by atoms with Crippen LogP contribution in [-0.4, -0.2) is 6.10 Å². The quantitative estimate of drug-likeness (QED) is 0.267. The lowest BCUT2D eigenvalue weighted by molar-refractivity contribution is -0.272. The molecule has 32 heavy (non-hydrogen) atoms. The average Bonchev–Trinajstić information content (AvgIpc) is 3.14. The monoisotopic (exact) mass is 470 g/mol. The molecule has 4 unspecified atom stereocenters. The maximum Gasteiger partial charge on any atom is 0.386 e. The van der Waals surface area contributed by atoms with Crippen molar-refractivity contribution < 1.29 is 17.9 Å². The molecule has 2 rings (SSSR count). The van der Waals surface area contributed by atoms with Crippen LogP contribution >= 0.6 is 11.3 Å². The van der Waals surface area contributed by atoms with Gasteiger partial charge in [-0.2, -0.15) is 8.78 Å². The Morgan fingerprint density at radius 2 is 1.56 bits per heavy atom. The van der Waals surface area contributed by atoms with Gasteiger partial charge in [0.15, 0.2) is 5.82 Å². The van der Waals surface area contributed by atoms with Crippen LogP contribution in [0, 0.1) is 23.6 Å². The van der Waals surface area contributed by atoms with E-state index in [0.717, 1.165) is 30.1 Å². The normalized spacial score (nSPS) is 16.3. The molecule has 0 amide bonds. The Balaban J connectivity index is 1.94. The first-order valence-corrected chi connectivity index (χ1v) is 13.2. The smallest absolute Gasteiger partial charge is 0.313 e. The molecule has 0 saturated carbocycles. The number of benzene rings is 1. The van der Waals surface area contributed by atoms with Crippen molar-refractivity contribution in [1.82, 2.24) is 0 Å². The summed E-state index contributed by atoms with van der Waals surface area (Å²) in [5.41, 5.74) is -0.659. The highest BCUT2D eigenvalue weighted by Gasteiger charge is 2.38. The number of aryl methyl sites for hydroxylation is 1. The third-order valence-corrected chi connectivity index (χ3v) is 7.94. The lowest BCUT2D eigenvalue weighted by Crippen LogP contribution is -2.26. The second-order valence-electron chi connectivity index (χ2n) is 9.76. The number of hydrogen-bond acceptors (Lipinski definition) is 2. The average molecular weight is 471 g/mol. The molecular weight excluding hydrogens is 429 g/mol. The van der Waals surface area contributed by atoms with E-state index in [-0.39, 0.29) is 0 Å². The minimum absolute atomic E-state index is 0.293. The molecule has 182 valence electrons. The molecule has 0 radical (unpaired) electrons. The Morgan fingerprint density at radius 1 is 0.906 bits per heavy atom. The first-order chi connectivity index (χ1) is 15.1. The summed E-state index contributed by atoms with van der Waals surface area (Å²) in [7, 11) is 0. The number of fused-ring (bicyclic) bond motifs is 1. The van der Waals surface area contributed by atoms with Crippen LogP contribution in [0.15, 0.2) is 18.2 Å². The second-order valence-corrected chi connectivity index (χ2v) is 10.9. The maximum atomic E-state index is 14.9. The molecule has 0 aliphatic rings. The van der Waals surface area contributed by atoms with Crippen molar-refractivity contribution in [2.45, 2.75) is 105 Å². The molecule has 2 aromatic rings. The van der Waals surface area contributed by atoms with E-state index >= 15 is 0 Å². The highest BCUT2D eigenvalue weighted by atomic mass is 32.1. The predicted octanol–water partition coefficient (Wildman–Crippen LogP) is 9.72. The molecule has 5 heteroatoms. The van der Waals surface area contributed by atoms with Gasteiger partial charge in [0, 0.05) is 4.88 Å². The van der Waals surface area contributed by atoms with Gasteiger partial charge in [-0.15, -0.1) is 11.3 Å². The lowest BCUT2D eigenvalue weighted by Gasteiger charge is -2.25. The van der Waals surface area contributed by atoms with E-state index in [4.69, 9.17) is 4.74 Å². The highest BCUT2D eigenvalue weighted by Crippen LogP contribution is 2.39. The van der Waals surface area contributed by atoms with E-state index < -0.39 is 23.6 Å². The fourth-order valence-corrected chi connectivity index (χ4v) is 5.54. The van der Waals surface area contributed by atoms with Crippen molar-refractivity contribution in [3.05, 3.63) is 34.5 Å². The molecule has 0 aliphatic heterocycles. The minimum atomic E-state index is -3.64. The Kier molecular flexibility index (Phi) is 10.5. The van der Waals surface area contributed by atoms with Gasteiger partial charge in [-0.3, -0.25) is 0 Å². The molecular formula is C27H41F3OS. The molecule has 0 N–H and O–H groups in total. The van der Waals surface area contributed by atoms with Crippen molar-refractivity contribution in [2.75, 3.05) is 0 Å². The van der Waals surface area contributed by atoms with Crippen LogP contribution in [0.2, 0.25) is 0 Å². The van der Waals surface area contributed by atoms with Gasteiger partial charge in [0.2, 0.25) is 0 Å². The van der Waals surface area contributed by atoms with Gasteiger partial charge in [0.05, 0.1) is 16.4 Å². The van der Waals surface area contributed by atoms with Crippen LogP contribution in [-0.2, 0) is 17.3 Å². The fourth-order valence-electron chi connectivity index (χ4n) is 4.34. The maximum absolute atomic E-state index is 14.9. The summed E-state index contributed by atoms with van der Waals surface area (Å²) in [4.78, 5) is 1.02. The zero-order valence-electron chi connectivity index (χ0n) is 20.6. The third kappa shape index (κ3) is 7.48. The Morgan fingerprint density at radius 3 is 2.19 bits per heavy atom. The predicted molar refractivity (Wildman–Crippen MR) is 131 cm³/mol. The number of ether oxygens (including phenoxy) is 1. The summed E-state index contributed by atoms with van der Waals surface area (Å²) < 4.78 is 50.1. The molecule has 0 saturated heterocycles. The zero-order valence-corrected chi connectivity index (χ0v) is 21.5.